The van der Waals surface area contributed by atoms with Gasteiger partial charge in [0, 0.05) is 0 Å². The number of oxime groups is 1. The van der Waals surface area contributed by atoms with Crippen LogP contribution < -0.4 is 0 Å². The number of hydrogen-bond donors (Lipinski definition) is 0. The number of rotatable bonds is 4. The molecule has 0 heterocycles. The second kappa shape index (κ2) is 6.64. The molecule has 0 aliphatic rings. The van der Waals surface area contributed by atoms with Crippen LogP contribution >= 0.6 is 0 Å². The smallest absolute Gasteiger partial charge is 0.391 e. The van der Waals surface area contributed by atoms with Crippen LogP contribution in [0.25, 0.3) is 0 Å². The van der Waals surface area contributed by atoms with Crippen LogP contribution in [0.3, 0.4) is 0 Å². The fraction of sp³-hybridized carbons (Fsp3) is 0.235. The molecule has 0 amide bonds. The molecule has 0 spiro atoms. The zero-order valence-corrected chi connectivity index (χ0v) is 12.3. The Morgan fingerprint density at radius 1 is 1.09 bits per heavy atom. The highest BCUT2D eigenvalue weighted by atomic mass is 19.4. The standard InChI is InChI=1S/C17H16F3NO/c1-12-6-7-13(2)15(8-12)10-21-22-11-14-4-3-5-16(9-14)17(18,19)20/h3-10H,11H2,1-2H3/b21-10+. The van der Waals surface area contributed by atoms with Crippen LogP contribution in [0.4, 0.5) is 13.2 Å². The molecule has 116 valence electrons. The zero-order valence-electron chi connectivity index (χ0n) is 12.3. The molecule has 5 heteroatoms. The predicted molar refractivity (Wildman–Crippen MR) is 79.7 cm³/mol. The Hall–Kier alpha value is -2.30. The topological polar surface area (TPSA) is 21.6 Å². The van der Waals surface area contributed by atoms with Gasteiger partial charge in [-0.05, 0) is 42.7 Å². The number of hydrogen-bond acceptors (Lipinski definition) is 2. The van der Waals surface area contributed by atoms with E-state index in [4.69, 9.17) is 4.84 Å². The summed E-state index contributed by atoms with van der Waals surface area (Å²) in [4.78, 5) is 5.09. The van der Waals surface area contributed by atoms with Crippen LogP contribution in [-0.2, 0) is 17.6 Å². The molecule has 0 N–H and O–H groups in total. The van der Waals surface area contributed by atoms with Crippen molar-refractivity contribution < 1.29 is 18.0 Å². The molecule has 0 saturated carbocycles. The number of aryl methyl sites for hydroxylation is 2. The van der Waals surface area contributed by atoms with E-state index in [0.29, 0.717) is 5.56 Å². The lowest BCUT2D eigenvalue weighted by molar-refractivity contribution is -0.137. The quantitative estimate of drug-likeness (QED) is 0.583. The lowest BCUT2D eigenvalue weighted by Gasteiger charge is -2.08. The Morgan fingerprint density at radius 2 is 1.86 bits per heavy atom. The normalized spacial score (nSPS) is 11.9. The molecular formula is C17H16F3NO. The molecule has 0 aliphatic heterocycles. The van der Waals surface area contributed by atoms with Gasteiger partial charge in [0.25, 0.3) is 0 Å². The average Bonchev–Trinajstić information content (AvgIpc) is 2.46. The van der Waals surface area contributed by atoms with Crippen molar-refractivity contribution in [2.24, 2.45) is 5.16 Å². The van der Waals surface area contributed by atoms with Crippen molar-refractivity contribution in [3.8, 4) is 0 Å². The van der Waals surface area contributed by atoms with Crippen LogP contribution in [0.1, 0.15) is 27.8 Å². The molecule has 22 heavy (non-hydrogen) atoms. The van der Waals surface area contributed by atoms with E-state index in [1.165, 1.54) is 6.07 Å². The Balaban J connectivity index is 1.99. The van der Waals surface area contributed by atoms with Gasteiger partial charge < -0.3 is 4.84 Å². The Morgan fingerprint density at radius 3 is 2.59 bits per heavy atom. The summed E-state index contributed by atoms with van der Waals surface area (Å²) >= 11 is 0. The molecule has 2 aromatic carbocycles. The van der Waals surface area contributed by atoms with Gasteiger partial charge in [-0.15, -0.1) is 0 Å². The lowest BCUT2D eigenvalue weighted by atomic mass is 10.1. The monoisotopic (exact) mass is 307 g/mol. The maximum Gasteiger partial charge on any atom is 0.416 e. The van der Waals surface area contributed by atoms with Gasteiger partial charge in [-0.1, -0.05) is 41.1 Å². The van der Waals surface area contributed by atoms with Gasteiger partial charge in [0.2, 0.25) is 0 Å². The summed E-state index contributed by atoms with van der Waals surface area (Å²) in [6.07, 6.45) is -2.78. The van der Waals surface area contributed by atoms with Crippen molar-refractivity contribution in [3.05, 3.63) is 70.3 Å². The fourth-order valence-corrected chi connectivity index (χ4v) is 1.94. The van der Waals surface area contributed by atoms with Crippen molar-refractivity contribution in [3.63, 3.8) is 0 Å². The van der Waals surface area contributed by atoms with E-state index in [1.54, 1.807) is 12.3 Å². The van der Waals surface area contributed by atoms with Crippen LogP contribution in [0.15, 0.2) is 47.6 Å². The molecular weight excluding hydrogens is 291 g/mol. The van der Waals surface area contributed by atoms with E-state index in [-0.39, 0.29) is 6.61 Å². The number of nitrogens with zero attached hydrogens (tertiary/aromatic N) is 1. The van der Waals surface area contributed by atoms with Crippen LogP contribution in [0, 0.1) is 13.8 Å². The highest BCUT2D eigenvalue weighted by Crippen LogP contribution is 2.29. The first-order valence-corrected chi connectivity index (χ1v) is 6.75. The van der Waals surface area contributed by atoms with Crippen LogP contribution in [0.2, 0.25) is 0 Å². The highest BCUT2D eigenvalue weighted by Gasteiger charge is 2.30. The Labute approximate surface area is 127 Å². The summed E-state index contributed by atoms with van der Waals surface area (Å²) in [6.45, 7) is 3.92. The molecule has 0 unspecified atom stereocenters. The van der Waals surface area contributed by atoms with E-state index in [0.717, 1.165) is 28.8 Å². The van der Waals surface area contributed by atoms with E-state index in [2.05, 4.69) is 5.16 Å². The molecule has 0 aromatic heterocycles. The number of alkyl halides is 3. The first-order valence-electron chi connectivity index (χ1n) is 6.75. The molecule has 0 bridgehead atoms. The van der Waals surface area contributed by atoms with Gasteiger partial charge >= 0.3 is 6.18 Å². The van der Waals surface area contributed by atoms with E-state index in [9.17, 15) is 13.2 Å². The van der Waals surface area contributed by atoms with Gasteiger partial charge in [-0.25, -0.2) is 0 Å². The summed E-state index contributed by atoms with van der Waals surface area (Å²) in [7, 11) is 0. The van der Waals surface area contributed by atoms with Crippen molar-refractivity contribution >= 4 is 6.21 Å². The van der Waals surface area contributed by atoms with Gasteiger partial charge in [0.05, 0.1) is 11.8 Å². The minimum Gasteiger partial charge on any atom is -0.391 e. The van der Waals surface area contributed by atoms with Gasteiger partial charge in [-0.2, -0.15) is 13.2 Å². The van der Waals surface area contributed by atoms with Crippen molar-refractivity contribution in [1.29, 1.82) is 0 Å². The predicted octanol–water partition coefficient (Wildman–Crippen LogP) is 4.87. The molecule has 0 fully saturated rings. The molecule has 0 radical (unpaired) electrons. The summed E-state index contributed by atoms with van der Waals surface area (Å²) in [5, 5.41) is 3.82. The highest BCUT2D eigenvalue weighted by molar-refractivity contribution is 5.81. The summed E-state index contributed by atoms with van der Waals surface area (Å²) in [5.41, 5.74) is 2.81. The third kappa shape index (κ3) is 4.35. The average molecular weight is 307 g/mol. The second-order valence-corrected chi connectivity index (χ2v) is 5.07. The zero-order chi connectivity index (χ0) is 16.2. The maximum absolute atomic E-state index is 12.6. The van der Waals surface area contributed by atoms with Crippen molar-refractivity contribution in [2.75, 3.05) is 0 Å². The van der Waals surface area contributed by atoms with E-state index >= 15 is 0 Å². The van der Waals surface area contributed by atoms with Gasteiger partial charge in [-0.3, -0.25) is 0 Å². The Bertz CT molecular complexity index is 678. The number of halogens is 3. The minimum absolute atomic E-state index is 0.00865. The summed E-state index contributed by atoms with van der Waals surface area (Å²) in [5.74, 6) is 0. The molecule has 0 saturated heterocycles. The van der Waals surface area contributed by atoms with Crippen LogP contribution in [0.5, 0.6) is 0 Å². The fourth-order valence-electron chi connectivity index (χ4n) is 1.94. The van der Waals surface area contributed by atoms with Crippen LogP contribution in [-0.4, -0.2) is 6.21 Å². The third-order valence-corrected chi connectivity index (χ3v) is 3.19. The molecule has 2 nitrogen and oxygen atoms in total. The molecule has 0 atom stereocenters. The largest absolute Gasteiger partial charge is 0.416 e. The minimum atomic E-state index is -4.35. The van der Waals surface area contributed by atoms with Crippen molar-refractivity contribution in [2.45, 2.75) is 26.6 Å². The SMILES string of the molecule is Cc1ccc(C)c(/C=N/OCc2cccc(C(F)(F)F)c2)c1. The molecule has 0 aliphatic carbocycles. The summed E-state index contributed by atoms with van der Waals surface area (Å²) < 4.78 is 37.8. The number of benzene rings is 2. The van der Waals surface area contributed by atoms with Gasteiger partial charge in [0.1, 0.15) is 6.61 Å². The molecule has 2 rings (SSSR count). The second-order valence-electron chi connectivity index (χ2n) is 5.07. The van der Waals surface area contributed by atoms with Gasteiger partial charge in [0.15, 0.2) is 0 Å². The third-order valence-electron chi connectivity index (χ3n) is 3.19. The van der Waals surface area contributed by atoms with E-state index < -0.39 is 11.7 Å². The first kappa shape index (κ1) is 16.1. The first-order chi connectivity index (χ1) is 10.4. The van der Waals surface area contributed by atoms with Crippen molar-refractivity contribution in [1.82, 2.24) is 0 Å². The molecule has 2 aromatic rings. The Kier molecular flexibility index (Phi) is 4.85. The maximum atomic E-state index is 12.6. The summed E-state index contributed by atoms with van der Waals surface area (Å²) in [6, 6.07) is 11.0. The van der Waals surface area contributed by atoms with E-state index in [1.807, 2.05) is 32.0 Å². The lowest BCUT2D eigenvalue weighted by Crippen LogP contribution is -2.05.